The molecule has 3 rings (SSSR count). The zero-order valence-corrected chi connectivity index (χ0v) is 17.9. The minimum Gasteiger partial charge on any atom is -0.458 e. The Morgan fingerprint density at radius 2 is 1.94 bits per heavy atom. The number of ether oxygens (including phenoxy) is 1. The summed E-state index contributed by atoms with van der Waals surface area (Å²) in [7, 11) is 0. The summed E-state index contributed by atoms with van der Waals surface area (Å²) in [6, 6.07) is 8.90. The van der Waals surface area contributed by atoms with Gasteiger partial charge in [-0.05, 0) is 74.9 Å². The topological polar surface area (TPSA) is 88.8 Å². The number of benzene rings is 1. The summed E-state index contributed by atoms with van der Waals surface area (Å²) in [5.74, 6) is 0.213. The van der Waals surface area contributed by atoms with Gasteiger partial charge in [-0.15, -0.1) is 0 Å². The molecule has 6 nitrogen and oxygen atoms in total. The molecule has 0 bridgehead atoms. The van der Waals surface area contributed by atoms with Crippen molar-refractivity contribution in [3.05, 3.63) is 78.1 Å². The fourth-order valence-electron chi connectivity index (χ4n) is 3.26. The van der Waals surface area contributed by atoms with E-state index < -0.39 is 11.9 Å². The lowest BCUT2D eigenvalue weighted by molar-refractivity contribution is -0.146. The fourth-order valence-corrected chi connectivity index (χ4v) is 3.26. The monoisotopic (exact) mass is 430 g/mol. The normalized spacial score (nSPS) is 17.4. The van der Waals surface area contributed by atoms with Crippen LogP contribution in [0.5, 0.6) is 5.75 Å². The first-order valence-corrected chi connectivity index (χ1v) is 10.8. The van der Waals surface area contributed by atoms with Crippen LogP contribution in [0.3, 0.4) is 0 Å². The van der Waals surface area contributed by atoms with Gasteiger partial charge in [-0.2, -0.15) is 5.26 Å². The van der Waals surface area contributed by atoms with Crippen molar-refractivity contribution in [3.8, 4) is 11.8 Å². The molecule has 164 valence electrons. The van der Waals surface area contributed by atoms with E-state index in [-0.39, 0.29) is 11.5 Å². The summed E-state index contributed by atoms with van der Waals surface area (Å²) in [4.78, 5) is 30.4. The van der Waals surface area contributed by atoms with Crippen molar-refractivity contribution in [1.29, 1.82) is 5.26 Å². The van der Waals surface area contributed by atoms with Crippen molar-refractivity contribution in [3.63, 3.8) is 0 Å². The molecule has 0 spiro atoms. The second-order valence-corrected chi connectivity index (χ2v) is 7.51. The lowest BCUT2D eigenvalue weighted by atomic mass is 10.0. The number of nitriles is 1. The number of allylic oxidation sites excluding steroid dienone is 6. The molecule has 0 radical (unpaired) electrons. The number of unbranched alkanes of at least 4 members (excludes halogenated alkanes) is 2. The highest BCUT2D eigenvalue weighted by Crippen LogP contribution is 2.20. The van der Waals surface area contributed by atoms with Crippen LogP contribution in [0, 0.1) is 17.2 Å². The molecule has 0 heterocycles. The van der Waals surface area contributed by atoms with E-state index in [1.54, 1.807) is 36.4 Å². The Balaban J connectivity index is 1.67. The summed E-state index contributed by atoms with van der Waals surface area (Å²) in [5, 5.41) is 12.7. The molecule has 1 aromatic rings. The maximum atomic E-state index is 13.0. The largest absolute Gasteiger partial charge is 0.458 e. The smallest absolute Gasteiger partial charge is 0.342 e. The molecule has 0 aromatic heterocycles. The summed E-state index contributed by atoms with van der Waals surface area (Å²) < 4.78 is 5.81. The Labute approximate surface area is 188 Å². The summed E-state index contributed by atoms with van der Waals surface area (Å²) in [5.41, 5.74) is 0.597. The lowest BCUT2D eigenvalue weighted by Gasteiger charge is -2.11. The van der Waals surface area contributed by atoms with Crippen LogP contribution in [0.2, 0.25) is 0 Å². The molecule has 1 atom stereocenters. The molecule has 6 heteroatoms. The van der Waals surface area contributed by atoms with Gasteiger partial charge in [0.25, 0.3) is 0 Å². The third-order valence-corrected chi connectivity index (χ3v) is 5.06. The van der Waals surface area contributed by atoms with Crippen LogP contribution >= 0.6 is 0 Å². The third-order valence-electron chi connectivity index (χ3n) is 5.06. The van der Waals surface area contributed by atoms with Crippen molar-refractivity contribution in [1.82, 2.24) is 0 Å². The van der Waals surface area contributed by atoms with E-state index in [2.05, 4.69) is 17.3 Å². The quantitative estimate of drug-likeness (QED) is 0.159. The molecule has 0 fully saturated rings. The van der Waals surface area contributed by atoms with Crippen LogP contribution in [0.15, 0.2) is 77.7 Å². The van der Waals surface area contributed by atoms with E-state index in [0.717, 1.165) is 18.6 Å². The minimum atomic E-state index is -0.495. The average Bonchev–Trinajstić information content (AvgIpc) is 2.84. The average molecular weight is 431 g/mol. The Morgan fingerprint density at radius 1 is 1.09 bits per heavy atom. The Hall–Kier alpha value is -3.72. The number of oxime groups is 1. The van der Waals surface area contributed by atoms with Gasteiger partial charge in [0, 0.05) is 12.0 Å². The van der Waals surface area contributed by atoms with Crippen LogP contribution in [-0.2, 0) is 9.63 Å². The maximum Gasteiger partial charge on any atom is 0.342 e. The van der Waals surface area contributed by atoms with Gasteiger partial charge in [-0.3, -0.25) is 4.79 Å². The van der Waals surface area contributed by atoms with Crippen LogP contribution in [0.25, 0.3) is 0 Å². The van der Waals surface area contributed by atoms with Crippen molar-refractivity contribution in [2.75, 3.05) is 0 Å². The van der Waals surface area contributed by atoms with E-state index in [9.17, 15) is 9.59 Å². The number of carbonyl (C=O) groups excluding carboxylic acids is 2. The zero-order chi connectivity index (χ0) is 22.6. The minimum absolute atomic E-state index is 0.165. The highest BCUT2D eigenvalue weighted by molar-refractivity contribution is 6.45. The molecule has 2 aliphatic carbocycles. The molecule has 1 unspecified atom stereocenters. The van der Waals surface area contributed by atoms with Gasteiger partial charge in [0.05, 0.1) is 12.0 Å². The highest BCUT2D eigenvalue weighted by Gasteiger charge is 2.20. The van der Waals surface area contributed by atoms with Crippen molar-refractivity contribution < 1.29 is 19.2 Å². The van der Waals surface area contributed by atoms with Crippen molar-refractivity contribution in [2.24, 2.45) is 11.1 Å². The first-order valence-electron chi connectivity index (χ1n) is 10.8. The van der Waals surface area contributed by atoms with E-state index >= 15 is 0 Å². The van der Waals surface area contributed by atoms with Gasteiger partial charge < -0.3 is 9.57 Å². The van der Waals surface area contributed by atoms with Gasteiger partial charge in [-0.25, -0.2) is 4.79 Å². The fraction of sp³-hybridized carbons (Fsp3) is 0.308. The van der Waals surface area contributed by atoms with Crippen LogP contribution in [-0.4, -0.2) is 17.5 Å². The van der Waals surface area contributed by atoms with Gasteiger partial charge in [0.1, 0.15) is 17.2 Å². The zero-order valence-electron chi connectivity index (χ0n) is 17.9. The van der Waals surface area contributed by atoms with Crippen molar-refractivity contribution >= 4 is 17.5 Å². The summed E-state index contributed by atoms with van der Waals surface area (Å²) in [6.07, 6.45) is 17.8. The highest BCUT2D eigenvalue weighted by atomic mass is 16.7. The summed E-state index contributed by atoms with van der Waals surface area (Å²) >= 11 is 0. The molecular formula is C26H26N2O4. The third kappa shape index (κ3) is 6.92. The number of hydrogen-bond acceptors (Lipinski definition) is 6. The first-order chi connectivity index (χ1) is 15.7. The standard InChI is InChI=1S/C26H26N2O4/c27-19-9-3-8-14-24(28-32-26(30)21-10-4-1-5-11-21)25(29)20-15-17-23(18-16-20)31-22-12-6-2-7-13-22/h1,4-6,10,12-13,15-18,21H,2-3,7-9,11,14H2/b28-24+. The molecule has 1 aromatic carbocycles. The van der Waals surface area contributed by atoms with Gasteiger partial charge in [0.15, 0.2) is 0 Å². The van der Waals surface area contributed by atoms with E-state index in [4.69, 9.17) is 14.8 Å². The van der Waals surface area contributed by atoms with E-state index in [1.807, 2.05) is 24.3 Å². The molecule has 0 aliphatic heterocycles. The van der Waals surface area contributed by atoms with Crippen LogP contribution in [0.1, 0.15) is 55.3 Å². The predicted octanol–water partition coefficient (Wildman–Crippen LogP) is 5.60. The molecule has 32 heavy (non-hydrogen) atoms. The SMILES string of the molecule is N#CCCCC/C(=N\OC(=O)C1C=CC=CC1)C(=O)c1ccc(OC2=CCCC=C2)cc1. The van der Waals surface area contributed by atoms with E-state index in [1.165, 1.54) is 0 Å². The predicted molar refractivity (Wildman–Crippen MR) is 122 cm³/mol. The van der Waals surface area contributed by atoms with Gasteiger partial charge in [0.2, 0.25) is 5.78 Å². The van der Waals surface area contributed by atoms with Crippen LogP contribution in [0.4, 0.5) is 0 Å². The molecule has 0 saturated heterocycles. The second-order valence-electron chi connectivity index (χ2n) is 7.51. The molecular weight excluding hydrogens is 404 g/mol. The van der Waals surface area contributed by atoms with Gasteiger partial charge in [-0.1, -0.05) is 35.5 Å². The Morgan fingerprint density at radius 3 is 2.62 bits per heavy atom. The first kappa shape index (κ1) is 23.0. The molecule has 0 N–H and O–H groups in total. The number of ketones is 1. The second kappa shape index (κ2) is 12.2. The molecule has 0 saturated carbocycles. The summed E-state index contributed by atoms with van der Waals surface area (Å²) in [6.45, 7) is 0. The Bertz CT molecular complexity index is 1010. The lowest BCUT2D eigenvalue weighted by Crippen LogP contribution is -2.19. The van der Waals surface area contributed by atoms with Gasteiger partial charge >= 0.3 is 5.97 Å². The van der Waals surface area contributed by atoms with Crippen LogP contribution < -0.4 is 4.74 Å². The number of hydrogen-bond donors (Lipinski definition) is 0. The van der Waals surface area contributed by atoms with E-state index in [0.29, 0.717) is 43.4 Å². The number of nitrogens with zero attached hydrogens (tertiary/aromatic N) is 2. The Kier molecular flexibility index (Phi) is 8.76. The molecule has 0 amide bonds. The number of carbonyl (C=O) groups is 2. The van der Waals surface area contributed by atoms with Crippen molar-refractivity contribution in [2.45, 2.75) is 44.9 Å². The molecule has 2 aliphatic rings. The number of rotatable bonds is 10. The number of Topliss-reactive ketones (excluding diaryl/α,β-unsaturated/α-hetero) is 1. The maximum absolute atomic E-state index is 13.0.